The van der Waals surface area contributed by atoms with Crippen molar-refractivity contribution in [2.24, 2.45) is 0 Å². The monoisotopic (exact) mass is 328 g/mol. The summed E-state index contributed by atoms with van der Waals surface area (Å²) < 4.78 is 0. The Morgan fingerprint density at radius 2 is 2.00 bits per heavy atom. The highest BCUT2D eigenvalue weighted by atomic mass is 16.2. The van der Waals surface area contributed by atoms with Crippen LogP contribution >= 0.6 is 0 Å². The number of aromatic nitrogens is 3. The molecule has 0 saturated heterocycles. The van der Waals surface area contributed by atoms with Crippen molar-refractivity contribution in [3.63, 3.8) is 0 Å². The Labute approximate surface area is 141 Å². The van der Waals surface area contributed by atoms with Gasteiger partial charge in [-0.25, -0.2) is 4.79 Å². The summed E-state index contributed by atoms with van der Waals surface area (Å²) in [6.07, 6.45) is 0.614. The Bertz CT molecular complexity index is 790. The van der Waals surface area contributed by atoms with Gasteiger partial charge in [-0.05, 0) is 32.0 Å². The summed E-state index contributed by atoms with van der Waals surface area (Å²) in [4.78, 5) is 35.0. The minimum atomic E-state index is -0.513. The third-order valence-corrected chi connectivity index (χ3v) is 3.62. The minimum Gasteiger partial charge on any atom is -0.348 e. The number of aryl methyl sites for hydroxylation is 1. The number of H-pyrrole nitrogens is 1. The van der Waals surface area contributed by atoms with E-state index in [-0.39, 0.29) is 23.1 Å². The summed E-state index contributed by atoms with van der Waals surface area (Å²) in [6.45, 7) is 9.73. The van der Waals surface area contributed by atoms with Crippen LogP contribution in [0.25, 0.3) is 0 Å². The van der Waals surface area contributed by atoms with E-state index in [1.165, 1.54) is 0 Å². The van der Waals surface area contributed by atoms with Crippen LogP contribution in [0.5, 0.6) is 0 Å². The van der Waals surface area contributed by atoms with Gasteiger partial charge in [-0.15, -0.1) is 0 Å². The van der Waals surface area contributed by atoms with Gasteiger partial charge >= 0.3 is 5.69 Å². The zero-order valence-corrected chi connectivity index (χ0v) is 14.8. The Morgan fingerprint density at radius 1 is 1.29 bits per heavy atom. The molecule has 0 aliphatic carbocycles. The van der Waals surface area contributed by atoms with E-state index in [1.807, 2.05) is 52.8 Å². The zero-order chi connectivity index (χ0) is 17.9. The molecule has 0 aliphatic heterocycles. The first-order chi connectivity index (χ1) is 11.1. The predicted octanol–water partition coefficient (Wildman–Crippen LogP) is 2.13. The maximum absolute atomic E-state index is 12.4. The van der Waals surface area contributed by atoms with Gasteiger partial charge in [0.1, 0.15) is 5.69 Å². The molecular formula is C18H24N4O2. The van der Waals surface area contributed by atoms with Crippen LogP contribution in [0.3, 0.4) is 0 Å². The first-order valence-corrected chi connectivity index (χ1v) is 8.00. The molecule has 0 saturated carbocycles. The smallest absolute Gasteiger partial charge is 0.345 e. The van der Waals surface area contributed by atoms with E-state index >= 15 is 0 Å². The maximum Gasteiger partial charge on any atom is 0.345 e. The van der Waals surface area contributed by atoms with Crippen molar-refractivity contribution >= 4 is 5.91 Å². The topological polar surface area (TPSA) is 87.7 Å². The van der Waals surface area contributed by atoms with Crippen LogP contribution in [-0.4, -0.2) is 26.9 Å². The van der Waals surface area contributed by atoms with Gasteiger partial charge in [0.25, 0.3) is 5.91 Å². The number of pyridine rings is 1. The van der Waals surface area contributed by atoms with Crippen LogP contribution in [0.2, 0.25) is 0 Å². The predicted molar refractivity (Wildman–Crippen MR) is 93.2 cm³/mol. The molecule has 0 bridgehead atoms. The number of amides is 1. The highest BCUT2D eigenvalue weighted by Crippen LogP contribution is 2.18. The summed E-state index contributed by atoms with van der Waals surface area (Å²) in [5, 5.41) is 2.88. The summed E-state index contributed by atoms with van der Waals surface area (Å²) in [7, 11) is 0. The summed E-state index contributed by atoms with van der Waals surface area (Å²) >= 11 is 0. The Hall–Kier alpha value is -2.50. The van der Waals surface area contributed by atoms with Crippen molar-refractivity contribution in [3.8, 4) is 0 Å². The van der Waals surface area contributed by atoms with Gasteiger partial charge < -0.3 is 10.3 Å². The van der Waals surface area contributed by atoms with E-state index in [1.54, 1.807) is 6.07 Å². The van der Waals surface area contributed by atoms with Crippen LogP contribution < -0.4 is 11.0 Å². The maximum atomic E-state index is 12.4. The number of carbonyl (C=O) groups excluding carboxylic acids is 1. The molecule has 2 N–H and O–H groups in total. The summed E-state index contributed by atoms with van der Waals surface area (Å²) in [5.74, 6) is -0.355. The lowest BCUT2D eigenvalue weighted by Gasteiger charge is -2.19. The molecule has 128 valence electrons. The second kappa shape index (κ2) is 6.95. The largest absolute Gasteiger partial charge is 0.348 e. The number of hydrogen-bond acceptors (Lipinski definition) is 4. The molecule has 24 heavy (non-hydrogen) atoms. The van der Waals surface area contributed by atoms with Crippen molar-refractivity contribution in [1.82, 2.24) is 20.3 Å². The fourth-order valence-corrected chi connectivity index (χ4v) is 2.35. The number of hydrogen-bond donors (Lipinski definition) is 2. The van der Waals surface area contributed by atoms with Gasteiger partial charge in [0.05, 0.1) is 0 Å². The van der Waals surface area contributed by atoms with Crippen molar-refractivity contribution in [2.45, 2.75) is 52.5 Å². The first-order valence-electron chi connectivity index (χ1n) is 8.00. The number of aromatic amines is 1. The van der Waals surface area contributed by atoms with Crippen molar-refractivity contribution < 1.29 is 4.79 Å². The number of carbonyl (C=O) groups is 1. The molecule has 6 nitrogen and oxygen atoms in total. The van der Waals surface area contributed by atoms with Gasteiger partial charge in [0.15, 0.2) is 0 Å². The SMILES string of the molecule is Cc1cccc(C[C@@H](C)NC(=O)c2cc(C(C)(C)C)[nH]c(=O)n2)n1. The van der Waals surface area contributed by atoms with Crippen LogP contribution in [0, 0.1) is 6.92 Å². The molecule has 1 atom stereocenters. The second-order valence-electron chi connectivity index (χ2n) is 7.08. The molecule has 2 aromatic rings. The van der Waals surface area contributed by atoms with E-state index in [0.29, 0.717) is 12.1 Å². The number of nitrogens with zero attached hydrogens (tertiary/aromatic N) is 2. The molecular weight excluding hydrogens is 304 g/mol. The molecule has 2 rings (SSSR count). The molecule has 0 spiro atoms. The van der Waals surface area contributed by atoms with Gasteiger partial charge in [0, 0.05) is 35.0 Å². The van der Waals surface area contributed by atoms with Crippen molar-refractivity contribution in [3.05, 3.63) is 57.5 Å². The average Bonchev–Trinajstić information content (AvgIpc) is 2.45. The Kier molecular flexibility index (Phi) is 5.17. The minimum absolute atomic E-state index is 0.119. The second-order valence-corrected chi connectivity index (χ2v) is 7.08. The van der Waals surface area contributed by atoms with E-state index in [9.17, 15) is 9.59 Å². The fourth-order valence-electron chi connectivity index (χ4n) is 2.35. The lowest BCUT2D eigenvalue weighted by molar-refractivity contribution is 0.0934. The normalized spacial score (nSPS) is 12.7. The Balaban J connectivity index is 2.12. The van der Waals surface area contributed by atoms with Crippen LogP contribution in [0.4, 0.5) is 0 Å². The van der Waals surface area contributed by atoms with Gasteiger partial charge in [0.2, 0.25) is 0 Å². The molecule has 1 amide bonds. The standard InChI is InChI=1S/C18H24N4O2/c1-11-7-6-8-13(19-11)9-12(2)20-16(23)14-10-15(18(3,4)5)22-17(24)21-14/h6-8,10,12H,9H2,1-5H3,(H,20,23)(H,21,22,24)/t12-/m1/s1. The van der Waals surface area contributed by atoms with Gasteiger partial charge in [-0.2, -0.15) is 4.98 Å². The van der Waals surface area contributed by atoms with Crippen LogP contribution in [0.15, 0.2) is 29.1 Å². The van der Waals surface area contributed by atoms with Gasteiger partial charge in [-0.1, -0.05) is 26.8 Å². The van der Waals surface area contributed by atoms with Crippen molar-refractivity contribution in [1.29, 1.82) is 0 Å². The first kappa shape index (κ1) is 17.8. The third-order valence-electron chi connectivity index (χ3n) is 3.62. The van der Waals surface area contributed by atoms with E-state index in [0.717, 1.165) is 11.4 Å². The van der Waals surface area contributed by atoms with E-state index in [2.05, 4.69) is 20.3 Å². The number of nitrogens with one attached hydrogen (secondary N) is 2. The third kappa shape index (κ3) is 4.75. The molecule has 6 heteroatoms. The highest BCUT2D eigenvalue weighted by Gasteiger charge is 2.19. The molecule has 2 aromatic heterocycles. The molecule has 0 aromatic carbocycles. The van der Waals surface area contributed by atoms with Crippen LogP contribution in [0.1, 0.15) is 55.3 Å². The summed E-state index contributed by atoms with van der Waals surface area (Å²) in [6, 6.07) is 7.32. The molecule has 0 fully saturated rings. The quantitative estimate of drug-likeness (QED) is 0.900. The molecule has 0 unspecified atom stereocenters. The van der Waals surface area contributed by atoms with Gasteiger partial charge in [-0.3, -0.25) is 9.78 Å². The van der Waals surface area contributed by atoms with Crippen LogP contribution in [-0.2, 0) is 11.8 Å². The van der Waals surface area contributed by atoms with E-state index < -0.39 is 5.69 Å². The number of rotatable bonds is 4. The Morgan fingerprint density at radius 3 is 2.62 bits per heavy atom. The highest BCUT2D eigenvalue weighted by molar-refractivity contribution is 5.92. The van der Waals surface area contributed by atoms with E-state index in [4.69, 9.17) is 0 Å². The molecule has 2 heterocycles. The van der Waals surface area contributed by atoms with Crippen molar-refractivity contribution in [2.75, 3.05) is 0 Å². The lowest BCUT2D eigenvalue weighted by Crippen LogP contribution is -2.36. The summed E-state index contributed by atoms with van der Waals surface area (Å²) in [5.41, 5.74) is 1.89. The average molecular weight is 328 g/mol. The zero-order valence-electron chi connectivity index (χ0n) is 14.8. The fraction of sp³-hybridized carbons (Fsp3) is 0.444. The molecule has 0 aliphatic rings. The lowest BCUT2D eigenvalue weighted by atomic mass is 9.91. The molecule has 0 radical (unpaired) electrons.